The number of sulfonamides is 1. The van der Waals surface area contributed by atoms with E-state index >= 15 is 0 Å². The molecule has 0 radical (unpaired) electrons. The van der Waals surface area contributed by atoms with Crippen LogP contribution in [-0.4, -0.2) is 27.7 Å². The summed E-state index contributed by atoms with van der Waals surface area (Å²) in [7, 11) is -3.63. The third kappa shape index (κ3) is 4.49. The summed E-state index contributed by atoms with van der Waals surface area (Å²) in [4.78, 5) is 0.0965. The Bertz CT molecular complexity index is 492. The molecule has 1 saturated heterocycles. The molecule has 0 aromatic heterocycles. The molecule has 1 unspecified atom stereocenters. The van der Waals surface area contributed by atoms with Crippen molar-refractivity contribution in [1.82, 2.24) is 0 Å². The highest BCUT2D eigenvalue weighted by molar-refractivity contribution is 7.89. The lowest BCUT2D eigenvalue weighted by Gasteiger charge is -2.10. The van der Waals surface area contributed by atoms with Crippen LogP contribution in [0.1, 0.15) is 25.7 Å². The van der Waals surface area contributed by atoms with Gasteiger partial charge in [0.1, 0.15) is 5.75 Å². The number of ether oxygens (including phenoxy) is 2. The molecule has 0 aliphatic carbocycles. The maximum atomic E-state index is 11.1. The maximum absolute atomic E-state index is 11.1. The van der Waals surface area contributed by atoms with Crippen LogP contribution in [0.15, 0.2) is 29.2 Å². The Morgan fingerprint density at radius 3 is 2.63 bits per heavy atom. The first-order valence-electron chi connectivity index (χ1n) is 6.43. The van der Waals surface area contributed by atoms with E-state index in [0.29, 0.717) is 18.5 Å². The van der Waals surface area contributed by atoms with Crippen LogP contribution in [0.4, 0.5) is 0 Å². The van der Waals surface area contributed by atoms with Gasteiger partial charge in [-0.3, -0.25) is 0 Å². The molecule has 1 atom stereocenters. The third-order valence-corrected chi connectivity index (χ3v) is 4.04. The van der Waals surface area contributed by atoms with Crippen LogP contribution in [-0.2, 0) is 14.8 Å². The van der Waals surface area contributed by atoms with Gasteiger partial charge in [0.2, 0.25) is 10.0 Å². The quantitative estimate of drug-likeness (QED) is 0.806. The topological polar surface area (TPSA) is 78.6 Å². The molecule has 0 saturated carbocycles. The number of hydrogen-bond donors (Lipinski definition) is 1. The Labute approximate surface area is 113 Å². The summed E-state index contributed by atoms with van der Waals surface area (Å²) >= 11 is 0. The molecule has 1 aromatic rings. The largest absolute Gasteiger partial charge is 0.494 e. The fraction of sp³-hybridized carbons (Fsp3) is 0.538. The fourth-order valence-electron chi connectivity index (χ4n) is 2.10. The summed E-state index contributed by atoms with van der Waals surface area (Å²) in [5.41, 5.74) is 0. The zero-order valence-corrected chi connectivity index (χ0v) is 11.6. The van der Waals surface area contributed by atoms with Crippen LogP contribution < -0.4 is 9.88 Å². The van der Waals surface area contributed by atoms with Crippen molar-refractivity contribution in [1.29, 1.82) is 0 Å². The minimum absolute atomic E-state index is 0.0965. The molecule has 0 spiro atoms. The molecule has 5 nitrogen and oxygen atoms in total. The Balaban J connectivity index is 1.74. The first-order chi connectivity index (χ1) is 9.05. The Hall–Kier alpha value is -1.11. The fourth-order valence-corrected chi connectivity index (χ4v) is 2.61. The van der Waals surface area contributed by atoms with Gasteiger partial charge in [0.15, 0.2) is 0 Å². The molecule has 106 valence electrons. The minimum atomic E-state index is -3.63. The second-order valence-electron chi connectivity index (χ2n) is 4.64. The number of primary sulfonamides is 1. The van der Waals surface area contributed by atoms with Gasteiger partial charge in [0.25, 0.3) is 0 Å². The molecule has 1 aliphatic heterocycles. The van der Waals surface area contributed by atoms with E-state index in [4.69, 9.17) is 14.6 Å². The molecule has 19 heavy (non-hydrogen) atoms. The average Bonchev–Trinajstić information content (AvgIpc) is 2.87. The van der Waals surface area contributed by atoms with Crippen molar-refractivity contribution in [3.05, 3.63) is 24.3 Å². The molecular weight excluding hydrogens is 266 g/mol. The summed E-state index contributed by atoms with van der Waals surface area (Å²) in [6, 6.07) is 6.13. The van der Waals surface area contributed by atoms with Crippen molar-refractivity contribution >= 4 is 10.0 Å². The lowest BCUT2D eigenvalue weighted by Crippen LogP contribution is -2.12. The molecule has 1 aromatic carbocycles. The number of hydrogen-bond acceptors (Lipinski definition) is 4. The van der Waals surface area contributed by atoms with Gasteiger partial charge in [-0.15, -0.1) is 0 Å². The smallest absolute Gasteiger partial charge is 0.238 e. The van der Waals surface area contributed by atoms with Crippen LogP contribution in [0, 0.1) is 0 Å². The van der Waals surface area contributed by atoms with Gasteiger partial charge in [0, 0.05) is 6.61 Å². The van der Waals surface area contributed by atoms with Crippen molar-refractivity contribution in [2.75, 3.05) is 13.2 Å². The van der Waals surface area contributed by atoms with Crippen molar-refractivity contribution in [2.24, 2.45) is 5.14 Å². The summed E-state index contributed by atoms with van der Waals surface area (Å²) in [6.07, 6.45) is 4.62. The number of benzene rings is 1. The Morgan fingerprint density at radius 1 is 1.32 bits per heavy atom. The standard InChI is InChI=1S/C13H19NO4S/c14-19(15,16)13-7-5-12(6-8-13)18-10-2-4-11-3-1-9-17-11/h5-8,11H,1-4,9-10H2,(H2,14,15,16). The molecule has 2 rings (SSSR count). The van der Waals surface area contributed by atoms with Crippen LogP contribution in [0.5, 0.6) is 5.75 Å². The molecule has 1 fully saturated rings. The van der Waals surface area contributed by atoms with E-state index in [2.05, 4.69) is 0 Å². The summed E-state index contributed by atoms with van der Waals surface area (Å²) in [6.45, 7) is 1.48. The van der Waals surface area contributed by atoms with Gasteiger partial charge < -0.3 is 9.47 Å². The van der Waals surface area contributed by atoms with Gasteiger partial charge in [-0.05, 0) is 49.9 Å². The lowest BCUT2D eigenvalue weighted by atomic mass is 10.1. The molecule has 0 amide bonds. The zero-order valence-electron chi connectivity index (χ0n) is 10.7. The molecule has 1 aliphatic rings. The van der Waals surface area contributed by atoms with Gasteiger partial charge >= 0.3 is 0 Å². The van der Waals surface area contributed by atoms with Gasteiger partial charge in [-0.25, -0.2) is 13.6 Å². The van der Waals surface area contributed by atoms with Crippen molar-refractivity contribution in [3.8, 4) is 5.75 Å². The van der Waals surface area contributed by atoms with E-state index in [9.17, 15) is 8.42 Å². The van der Waals surface area contributed by atoms with Gasteiger partial charge in [-0.1, -0.05) is 0 Å². The third-order valence-electron chi connectivity index (χ3n) is 3.12. The van der Waals surface area contributed by atoms with E-state index in [1.54, 1.807) is 12.1 Å². The minimum Gasteiger partial charge on any atom is -0.494 e. The van der Waals surface area contributed by atoms with E-state index in [-0.39, 0.29) is 4.90 Å². The van der Waals surface area contributed by atoms with E-state index in [1.807, 2.05) is 0 Å². The summed E-state index contributed by atoms with van der Waals surface area (Å²) in [5, 5.41) is 5.02. The predicted molar refractivity (Wildman–Crippen MR) is 71.5 cm³/mol. The first-order valence-corrected chi connectivity index (χ1v) is 7.97. The molecule has 2 N–H and O–H groups in total. The lowest BCUT2D eigenvalue weighted by molar-refractivity contribution is 0.0981. The molecular formula is C13H19NO4S. The van der Waals surface area contributed by atoms with Crippen LogP contribution in [0.2, 0.25) is 0 Å². The van der Waals surface area contributed by atoms with E-state index < -0.39 is 10.0 Å². The average molecular weight is 285 g/mol. The van der Waals surface area contributed by atoms with Gasteiger partial charge in [0.05, 0.1) is 17.6 Å². The van der Waals surface area contributed by atoms with E-state index in [0.717, 1.165) is 32.3 Å². The predicted octanol–water partition coefficient (Wildman–Crippen LogP) is 1.67. The van der Waals surface area contributed by atoms with E-state index in [1.165, 1.54) is 12.1 Å². The Morgan fingerprint density at radius 2 is 2.05 bits per heavy atom. The van der Waals surface area contributed by atoms with Crippen LogP contribution >= 0.6 is 0 Å². The first kappa shape index (κ1) is 14.3. The summed E-state index contributed by atoms with van der Waals surface area (Å²) < 4.78 is 33.2. The highest BCUT2D eigenvalue weighted by atomic mass is 32.2. The monoisotopic (exact) mass is 285 g/mol. The SMILES string of the molecule is NS(=O)(=O)c1ccc(OCCCC2CCCO2)cc1. The van der Waals surface area contributed by atoms with Crippen molar-refractivity contribution < 1.29 is 17.9 Å². The second kappa shape index (κ2) is 6.36. The molecule has 1 heterocycles. The maximum Gasteiger partial charge on any atom is 0.238 e. The normalized spacial score (nSPS) is 19.5. The summed E-state index contributed by atoms with van der Waals surface area (Å²) in [5.74, 6) is 0.653. The van der Waals surface area contributed by atoms with Crippen molar-refractivity contribution in [2.45, 2.75) is 36.7 Å². The van der Waals surface area contributed by atoms with Crippen molar-refractivity contribution in [3.63, 3.8) is 0 Å². The number of nitrogens with two attached hydrogens (primary N) is 1. The highest BCUT2D eigenvalue weighted by Crippen LogP contribution is 2.18. The number of rotatable bonds is 6. The molecule has 6 heteroatoms. The van der Waals surface area contributed by atoms with Crippen LogP contribution in [0.25, 0.3) is 0 Å². The zero-order chi connectivity index (χ0) is 13.7. The highest BCUT2D eigenvalue weighted by Gasteiger charge is 2.14. The van der Waals surface area contributed by atoms with Crippen LogP contribution in [0.3, 0.4) is 0 Å². The second-order valence-corrected chi connectivity index (χ2v) is 6.20. The molecule has 0 bridgehead atoms. The Kier molecular flexibility index (Phi) is 4.79. The van der Waals surface area contributed by atoms with Gasteiger partial charge in [-0.2, -0.15) is 0 Å².